The Kier molecular flexibility index (Phi) is 5.39. The van der Waals surface area contributed by atoms with Gasteiger partial charge in [0.15, 0.2) is 0 Å². The molecule has 0 aromatic heterocycles. The Morgan fingerprint density at radius 1 is 1.14 bits per heavy atom. The Morgan fingerprint density at radius 3 is 2.62 bits per heavy atom. The summed E-state index contributed by atoms with van der Waals surface area (Å²) in [7, 11) is 0. The number of thioether (sulfide) groups is 1. The van der Waals surface area contributed by atoms with E-state index in [1.54, 1.807) is 30.8 Å². The van der Waals surface area contributed by atoms with Crippen molar-refractivity contribution in [1.82, 2.24) is 0 Å². The maximum absolute atomic E-state index is 13.4. The van der Waals surface area contributed by atoms with Crippen LogP contribution in [0.15, 0.2) is 42.5 Å². The predicted octanol–water partition coefficient (Wildman–Crippen LogP) is 4.31. The van der Waals surface area contributed by atoms with E-state index in [1.807, 2.05) is 12.1 Å². The van der Waals surface area contributed by atoms with Gasteiger partial charge in [0.2, 0.25) is 5.91 Å². The molecule has 0 radical (unpaired) electrons. The van der Waals surface area contributed by atoms with Crippen LogP contribution in [0.25, 0.3) is 0 Å². The lowest BCUT2D eigenvalue weighted by Crippen LogP contribution is -2.14. The molecule has 1 amide bonds. The number of halogens is 1. The number of carbonyl (C=O) groups excluding carboxylic acids is 1. The van der Waals surface area contributed by atoms with E-state index in [4.69, 9.17) is 0 Å². The molecule has 0 heterocycles. The Hall–Kier alpha value is -1.81. The number of carbonyl (C=O) groups is 1. The number of nitrogens with one attached hydrogen (secondary N) is 1. The summed E-state index contributed by atoms with van der Waals surface area (Å²) in [5.74, 6) is 0.726. The summed E-state index contributed by atoms with van der Waals surface area (Å²) in [4.78, 5) is 11.8. The van der Waals surface area contributed by atoms with Crippen LogP contribution in [0.2, 0.25) is 0 Å². The molecule has 0 bridgehead atoms. The van der Waals surface area contributed by atoms with Crippen molar-refractivity contribution >= 4 is 23.4 Å². The summed E-state index contributed by atoms with van der Waals surface area (Å²) in [6.07, 6.45) is 0. The van der Waals surface area contributed by atoms with Crippen molar-refractivity contribution in [3.05, 3.63) is 65.0 Å². The zero-order chi connectivity index (χ0) is 15.2. The van der Waals surface area contributed by atoms with Crippen molar-refractivity contribution in [2.24, 2.45) is 0 Å². The number of hydrogen-bond donors (Lipinski definition) is 1. The van der Waals surface area contributed by atoms with Crippen LogP contribution in [-0.4, -0.2) is 11.7 Å². The summed E-state index contributed by atoms with van der Waals surface area (Å²) in [5.41, 5.74) is 3.53. The molecule has 0 aliphatic rings. The molecule has 2 rings (SSSR count). The number of aryl methyl sites for hydroxylation is 2. The zero-order valence-corrected chi connectivity index (χ0v) is 13.0. The van der Waals surface area contributed by atoms with E-state index in [1.165, 1.54) is 17.2 Å². The number of hydrogen-bond acceptors (Lipinski definition) is 2. The van der Waals surface area contributed by atoms with Crippen molar-refractivity contribution in [2.45, 2.75) is 19.6 Å². The fourth-order valence-electron chi connectivity index (χ4n) is 1.89. The van der Waals surface area contributed by atoms with Crippen molar-refractivity contribution in [3.8, 4) is 0 Å². The third kappa shape index (κ3) is 4.60. The fourth-order valence-corrected chi connectivity index (χ4v) is 2.80. The Labute approximate surface area is 128 Å². The molecule has 0 unspecified atom stereocenters. The first-order chi connectivity index (χ1) is 10.1. The van der Waals surface area contributed by atoms with Gasteiger partial charge in [0, 0.05) is 11.4 Å². The lowest BCUT2D eigenvalue weighted by atomic mass is 10.1. The van der Waals surface area contributed by atoms with E-state index in [0.29, 0.717) is 17.0 Å². The molecule has 1 N–H and O–H groups in total. The van der Waals surface area contributed by atoms with Crippen LogP contribution in [0.4, 0.5) is 10.1 Å². The average molecular weight is 303 g/mol. The third-order valence-electron chi connectivity index (χ3n) is 3.21. The predicted molar refractivity (Wildman–Crippen MR) is 87.1 cm³/mol. The molecule has 0 atom stereocenters. The summed E-state index contributed by atoms with van der Waals surface area (Å²) in [6.45, 7) is 3.75. The standard InChI is InChI=1S/C17H18FNOS/c1-12-5-3-4-6-14(12)10-21-11-17(20)19-15-8-7-13(2)16(18)9-15/h3-9H,10-11H2,1-2H3,(H,19,20). The van der Waals surface area contributed by atoms with Crippen LogP contribution in [0.5, 0.6) is 0 Å². The second-order valence-electron chi connectivity index (χ2n) is 4.93. The number of rotatable bonds is 5. The van der Waals surface area contributed by atoms with Gasteiger partial charge in [-0.15, -0.1) is 11.8 Å². The lowest BCUT2D eigenvalue weighted by Gasteiger charge is -2.07. The smallest absolute Gasteiger partial charge is 0.234 e. The molecule has 0 spiro atoms. The van der Waals surface area contributed by atoms with Crippen LogP contribution < -0.4 is 5.32 Å². The molecule has 2 nitrogen and oxygen atoms in total. The Morgan fingerprint density at radius 2 is 1.90 bits per heavy atom. The molecule has 0 saturated heterocycles. The van der Waals surface area contributed by atoms with E-state index in [9.17, 15) is 9.18 Å². The molecule has 0 saturated carbocycles. The van der Waals surface area contributed by atoms with Crippen LogP contribution in [0, 0.1) is 19.7 Å². The van der Waals surface area contributed by atoms with Crippen LogP contribution in [0.3, 0.4) is 0 Å². The van der Waals surface area contributed by atoms with Gasteiger partial charge in [-0.3, -0.25) is 4.79 Å². The van der Waals surface area contributed by atoms with Gasteiger partial charge in [0.25, 0.3) is 0 Å². The summed E-state index contributed by atoms with van der Waals surface area (Å²) in [5, 5.41) is 2.71. The van der Waals surface area contributed by atoms with Crippen molar-refractivity contribution in [1.29, 1.82) is 0 Å². The minimum atomic E-state index is -0.305. The first kappa shape index (κ1) is 15.6. The molecule has 4 heteroatoms. The topological polar surface area (TPSA) is 29.1 Å². The molecule has 0 fully saturated rings. The highest BCUT2D eigenvalue weighted by molar-refractivity contribution is 7.99. The number of amides is 1. The average Bonchev–Trinajstić information content (AvgIpc) is 2.45. The first-order valence-electron chi connectivity index (χ1n) is 6.74. The van der Waals surface area contributed by atoms with Gasteiger partial charge in [-0.25, -0.2) is 4.39 Å². The van der Waals surface area contributed by atoms with E-state index < -0.39 is 0 Å². The number of anilines is 1. The van der Waals surface area contributed by atoms with E-state index >= 15 is 0 Å². The normalized spacial score (nSPS) is 10.4. The molecule has 2 aromatic rings. The van der Waals surface area contributed by atoms with E-state index in [0.717, 1.165) is 5.75 Å². The zero-order valence-electron chi connectivity index (χ0n) is 12.2. The maximum Gasteiger partial charge on any atom is 0.234 e. The van der Waals surface area contributed by atoms with Gasteiger partial charge < -0.3 is 5.32 Å². The van der Waals surface area contributed by atoms with E-state index in [-0.39, 0.29) is 11.7 Å². The minimum absolute atomic E-state index is 0.114. The molecule has 2 aromatic carbocycles. The SMILES string of the molecule is Cc1ccc(NC(=O)CSCc2ccccc2C)cc1F. The van der Waals surface area contributed by atoms with Gasteiger partial charge in [-0.05, 0) is 42.7 Å². The van der Waals surface area contributed by atoms with Gasteiger partial charge in [0.1, 0.15) is 5.82 Å². The highest BCUT2D eigenvalue weighted by Gasteiger charge is 2.05. The monoisotopic (exact) mass is 303 g/mol. The second-order valence-corrected chi connectivity index (χ2v) is 5.92. The van der Waals surface area contributed by atoms with Crippen LogP contribution in [-0.2, 0) is 10.5 Å². The maximum atomic E-state index is 13.4. The molecular weight excluding hydrogens is 285 g/mol. The lowest BCUT2D eigenvalue weighted by molar-refractivity contribution is -0.113. The molecule has 0 aliphatic heterocycles. The van der Waals surface area contributed by atoms with Crippen molar-refractivity contribution in [3.63, 3.8) is 0 Å². The number of benzene rings is 2. The largest absolute Gasteiger partial charge is 0.325 e. The highest BCUT2D eigenvalue weighted by atomic mass is 32.2. The Balaban J connectivity index is 1.82. The third-order valence-corrected chi connectivity index (χ3v) is 4.19. The second kappa shape index (κ2) is 7.27. The molecule has 21 heavy (non-hydrogen) atoms. The van der Waals surface area contributed by atoms with Gasteiger partial charge in [0.05, 0.1) is 5.75 Å². The first-order valence-corrected chi connectivity index (χ1v) is 7.90. The van der Waals surface area contributed by atoms with Crippen LogP contribution >= 0.6 is 11.8 Å². The van der Waals surface area contributed by atoms with Crippen molar-refractivity contribution in [2.75, 3.05) is 11.1 Å². The van der Waals surface area contributed by atoms with Crippen molar-refractivity contribution < 1.29 is 9.18 Å². The van der Waals surface area contributed by atoms with E-state index in [2.05, 4.69) is 24.4 Å². The molecular formula is C17H18FNOS. The Bertz CT molecular complexity index is 642. The fraction of sp³-hybridized carbons (Fsp3) is 0.235. The molecule has 110 valence electrons. The summed E-state index contributed by atoms with van der Waals surface area (Å²) < 4.78 is 13.4. The quantitative estimate of drug-likeness (QED) is 0.891. The van der Waals surface area contributed by atoms with Gasteiger partial charge >= 0.3 is 0 Å². The highest BCUT2D eigenvalue weighted by Crippen LogP contribution is 2.17. The summed E-state index contributed by atoms with van der Waals surface area (Å²) in [6, 6.07) is 12.8. The summed E-state index contributed by atoms with van der Waals surface area (Å²) >= 11 is 1.55. The molecule has 0 aliphatic carbocycles. The van der Waals surface area contributed by atoms with Gasteiger partial charge in [-0.1, -0.05) is 30.3 Å². The van der Waals surface area contributed by atoms with Gasteiger partial charge in [-0.2, -0.15) is 0 Å². The van der Waals surface area contributed by atoms with Crippen LogP contribution in [0.1, 0.15) is 16.7 Å². The minimum Gasteiger partial charge on any atom is -0.325 e.